The fourth-order valence-electron chi connectivity index (χ4n) is 3.40. The van der Waals surface area contributed by atoms with Gasteiger partial charge in [0.05, 0.1) is 0 Å². The fraction of sp³-hybridized carbons (Fsp3) is 0.0769. The summed E-state index contributed by atoms with van der Waals surface area (Å²) < 4.78 is 4.96. The lowest BCUT2D eigenvalue weighted by Gasteiger charge is -2.18. The molecule has 0 unspecified atom stereocenters. The predicted molar refractivity (Wildman–Crippen MR) is 120 cm³/mol. The minimum Gasteiger partial charge on any atom is -0.452 e. The number of amides is 1. The van der Waals surface area contributed by atoms with Gasteiger partial charge in [0.2, 0.25) is 0 Å². The average Bonchev–Trinajstić information content (AvgIpc) is 2.81. The first-order chi connectivity index (χ1) is 15.4. The van der Waals surface area contributed by atoms with Gasteiger partial charge in [-0.25, -0.2) is 4.79 Å². The smallest absolute Gasteiger partial charge is 0.331 e. The highest BCUT2D eigenvalue weighted by molar-refractivity contribution is 6.28. The summed E-state index contributed by atoms with van der Waals surface area (Å²) in [6.07, 6.45) is 2.85. The van der Waals surface area contributed by atoms with Crippen LogP contribution in [-0.2, 0) is 14.3 Å². The molecule has 158 valence electrons. The maximum Gasteiger partial charge on any atom is 0.331 e. The number of nitrogens with one attached hydrogen (secondary N) is 1. The molecule has 1 aliphatic carbocycles. The molecule has 1 amide bonds. The zero-order valence-electron chi connectivity index (χ0n) is 17.3. The van der Waals surface area contributed by atoms with Crippen molar-refractivity contribution in [3.8, 4) is 0 Å². The first-order valence-electron chi connectivity index (χ1n) is 9.96. The highest BCUT2D eigenvalue weighted by atomic mass is 16.5. The standard InChI is InChI=1S/C26H19NO5/c1-16-6-8-17(9-7-16)10-13-24(29)32-15-23(28)27-18-11-12-21-22(14-18)26(31)20-5-3-2-4-19(20)25(21)30/h2-14H,15H2,1H3,(H,27,28)/b13-10+. The molecule has 4 rings (SSSR count). The van der Waals surface area contributed by atoms with E-state index in [2.05, 4.69) is 5.32 Å². The molecule has 0 atom stereocenters. The second-order valence-corrected chi connectivity index (χ2v) is 7.36. The number of aryl methyl sites for hydroxylation is 1. The molecule has 6 nitrogen and oxygen atoms in total. The second-order valence-electron chi connectivity index (χ2n) is 7.36. The van der Waals surface area contributed by atoms with Crippen LogP contribution in [0.2, 0.25) is 0 Å². The first kappa shape index (κ1) is 20.9. The predicted octanol–water partition coefficient (Wildman–Crippen LogP) is 3.97. The van der Waals surface area contributed by atoms with E-state index in [4.69, 9.17) is 4.74 Å². The summed E-state index contributed by atoms with van der Waals surface area (Å²) in [5.41, 5.74) is 3.50. The monoisotopic (exact) mass is 425 g/mol. The summed E-state index contributed by atoms with van der Waals surface area (Å²) >= 11 is 0. The van der Waals surface area contributed by atoms with E-state index in [1.54, 1.807) is 30.3 Å². The number of anilines is 1. The number of benzene rings is 3. The maximum absolute atomic E-state index is 12.8. The minimum atomic E-state index is -0.649. The second kappa shape index (κ2) is 8.81. The van der Waals surface area contributed by atoms with Gasteiger partial charge in [0.15, 0.2) is 18.2 Å². The van der Waals surface area contributed by atoms with E-state index in [1.165, 1.54) is 24.3 Å². The number of fused-ring (bicyclic) bond motifs is 2. The highest BCUT2D eigenvalue weighted by Crippen LogP contribution is 2.29. The molecular formula is C26H19NO5. The Kier molecular flexibility index (Phi) is 5.77. The third kappa shape index (κ3) is 4.39. The Labute approximate surface area is 184 Å². The van der Waals surface area contributed by atoms with Crippen LogP contribution in [-0.4, -0.2) is 30.0 Å². The highest BCUT2D eigenvalue weighted by Gasteiger charge is 2.29. The molecule has 0 fully saturated rings. The minimum absolute atomic E-state index is 0.226. The molecule has 3 aromatic carbocycles. The quantitative estimate of drug-likeness (QED) is 0.386. The van der Waals surface area contributed by atoms with E-state index in [-0.39, 0.29) is 17.1 Å². The van der Waals surface area contributed by atoms with Gasteiger partial charge in [-0.1, -0.05) is 54.1 Å². The van der Waals surface area contributed by atoms with E-state index in [1.807, 2.05) is 31.2 Å². The van der Waals surface area contributed by atoms with Gasteiger partial charge < -0.3 is 10.1 Å². The molecule has 0 spiro atoms. The number of carbonyl (C=O) groups is 4. The molecule has 0 saturated carbocycles. The molecule has 1 aliphatic rings. The van der Waals surface area contributed by atoms with E-state index < -0.39 is 18.5 Å². The number of rotatable bonds is 5. The molecule has 0 radical (unpaired) electrons. The van der Waals surface area contributed by atoms with Gasteiger partial charge in [-0.2, -0.15) is 0 Å². The number of ether oxygens (including phenoxy) is 1. The van der Waals surface area contributed by atoms with Crippen LogP contribution in [0.3, 0.4) is 0 Å². The Bertz CT molecular complexity index is 1270. The number of esters is 1. The van der Waals surface area contributed by atoms with Gasteiger partial charge in [-0.15, -0.1) is 0 Å². The van der Waals surface area contributed by atoms with Crippen molar-refractivity contribution in [1.29, 1.82) is 0 Å². The van der Waals surface area contributed by atoms with Crippen LogP contribution in [0.15, 0.2) is 72.8 Å². The lowest BCUT2D eigenvalue weighted by Crippen LogP contribution is -2.23. The van der Waals surface area contributed by atoms with Gasteiger partial charge >= 0.3 is 5.97 Å². The van der Waals surface area contributed by atoms with Crippen LogP contribution in [0, 0.1) is 6.92 Å². The molecule has 32 heavy (non-hydrogen) atoms. The van der Waals surface area contributed by atoms with Crippen molar-refractivity contribution < 1.29 is 23.9 Å². The summed E-state index contributed by atoms with van der Waals surface area (Å²) in [6, 6.07) is 18.7. The molecular weight excluding hydrogens is 406 g/mol. The number of ketones is 2. The van der Waals surface area contributed by atoms with Crippen LogP contribution >= 0.6 is 0 Å². The fourth-order valence-corrected chi connectivity index (χ4v) is 3.40. The van der Waals surface area contributed by atoms with Crippen molar-refractivity contribution in [3.05, 3.63) is 106 Å². The molecule has 6 heteroatoms. The molecule has 0 bridgehead atoms. The van der Waals surface area contributed by atoms with Crippen molar-refractivity contribution in [2.24, 2.45) is 0 Å². The van der Waals surface area contributed by atoms with Gasteiger partial charge in [-0.05, 0) is 36.8 Å². The lowest BCUT2D eigenvalue weighted by atomic mass is 9.84. The molecule has 3 aromatic rings. The summed E-state index contributed by atoms with van der Waals surface area (Å²) in [7, 11) is 0. The Morgan fingerprint density at radius 3 is 2.16 bits per heavy atom. The van der Waals surface area contributed by atoms with Crippen LogP contribution in [0.5, 0.6) is 0 Å². The van der Waals surface area contributed by atoms with E-state index in [0.29, 0.717) is 22.4 Å². The third-order valence-corrected chi connectivity index (χ3v) is 5.04. The Morgan fingerprint density at radius 2 is 1.47 bits per heavy atom. The zero-order valence-corrected chi connectivity index (χ0v) is 17.3. The first-order valence-corrected chi connectivity index (χ1v) is 9.96. The number of hydrogen-bond acceptors (Lipinski definition) is 5. The number of carbonyl (C=O) groups excluding carboxylic acids is 4. The largest absolute Gasteiger partial charge is 0.452 e. The van der Waals surface area contributed by atoms with Crippen LogP contribution in [0.4, 0.5) is 5.69 Å². The van der Waals surface area contributed by atoms with Crippen molar-refractivity contribution in [2.45, 2.75) is 6.92 Å². The normalized spacial score (nSPS) is 12.3. The molecule has 0 heterocycles. The number of hydrogen-bond donors (Lipinski definition) is 1. The van der Waals surface area contributed by atoms with Crippen molar-refractivity contribution >= 4 is 35.2 Å². The van der Waals surface area contributed by atoms with Crippen molar-refractivity contribution in [2.75, 3.05) is 11.9 Å². The molecule has 0 aromatic heterocycles. The van der Waals surface area contributed by atoms with Gasteiger partial charge in [-0.3, -0.25) is 14.4 Å². The summed E-state index contributed by atoms with van der Waals surface area (Å²) in [6.45, 7) is 1.49. The zero-order chi connectivity index (χ0) is 22.7. The van der Waals surface area contributed by atoms with Crippen molar-refractivity contribution in [3.63, 3.8) is 0 Å². The van der Waals surface area contributed by atoms with E-state index in [0.717, 1.165) is 11.1 Å². The van der Waals surface area contributed by atoms with E-state index in [9.17, 15) is 19.2 Å². The van der Waals surface area contributed by atoms with Crippen LogP contribution < -0.4 is 5.32 Å². The maximum atomic E-state index is 12.8. The van der Waals surface area contributed by atoms with E-state index >= 15 is 0 Å². The molecule has 0 saturated heterocycles. The van der Waals surface area contributed by atoms with Crippen LogP contribution in [0.25, 0.3) is 6.08 Å². The summed E-state index contributed by atoms with van der Waals surface area (Å²) in [4.78, 5) is 49.4. The SMILES string of the molecule is Cc1ccc(/C=C/C(=O)OCC(=O)Nc2ccc3c(c2)C(=O)c2ccccc2C3=O)cc1. The molecule has 1 N–H and O–H groups in total. The average molecular weight is 425 g/mol. The third-order valence-electron chi connectivity index (χ3n) is 5.04. The van der Waals surface area contributed by atoms with Gasteiger partial charge in [0.25, 0.3) is 5.91 Å². The summed E-state index contributed by atoms with van der Waals surface area (Å²) in [5.74, 6) is -1.72. The van der Waals surface area contributed by atoms with Crippen LogP contribution in [0.1, 0.15) is 43.0 Å². The van der Waals surface area contributed by atoms with Crippen molar-refractivity contribution in [1.82, 2.24) is 0 Å². The van der Waals surface area contributed by atoms with Gasteiger partial charge in [0.1, 0.15) is 0 Å². The Hall–Kier alpha value is -4.32. The molecule has 0 aliphatic heterocycles. The Balaban J connectivity index is 1.38. The lowest BCUT2D eigenvalue weighted by molar-refractivity contribution is -0.142. The summed E-state index contributed by atoms with van der Waals surface area (Å²) in [5, 5.41) is 2.58. The Morgan fingerprint density at radius 1 is 0.844 bits per heavy atom. The van der Waals surface area contributed by atoms with Gasteiger partial charge in [0, 0.05) is 34.0 Å². The topological polar surface area (TPSA) is 89.5 Å².